The number of amides is 1. The van der Waals surface area contributed by atoms with Crippen molar-refractivity contribution in [1.82, 2.24) is 4.98 Å². The van der Waals surface area contributed by atoms with Crippen LogP contribution in [0.15, 0.2) is 41.7 Å². The van der Waals surface area contributed by atoms with Gasteiger partial charge in [-0.1, -0.05) is 12.1 Å². The summed E-state index contributed by atoms with van der Waals surface area (Å²) in [6.07, 6.45) is 0.0480. The van der Waals surface area contributed by atoms with Crippen LogP contribution in [-0.4, -0.2) is 41.1 Å². The van der Waals surface area contributed by atoms with Crippen molar-refractivity contribution in [2.75, 3.05) is 18.5 Å². The first-order chi connectivity index (χ1) is 13.4. The monoisotopic (exact) mass is 405 g/mol. The molecule has 0 unspecified atom stereocenters. The molecule has 0 radical (unpaired) electrons. The van der Waals surface area contributed by atoms with Gasteiger partial charge in [0.1, 0.15) is 19.5 Å². The van der Waals surface area contributed by atoms with E-state index in [1.54, 1.807) is 17.5 Å². The number of hydrogen-bond acceptors (Lipinski definition) is 9. The number of nitrogens with one attached hydrogen (secondary N) is 1. The minimum atomic E-state index is -1.09. The maximum atomic E-state index is 12.2. The lowest BCUT2D eigenvalue weighted by Gasteiger charge is -2.17. The summed E-state index contributed by atoms with van der Waals surface area (Å²) in [6.45, 7) is 1.97. The summed E-state index contributed by atoms with van der Waals surface area (Å²) in [4.78, 5) is 38.7. The molecule has 10 nitrogen and oxygen atoms in total. The molecule has 0 saturated heterocycles. The number of carbonyl (C=O) groups excluding carboxylic acids is 2. The molecule has 1 aliphatic heterocycles. The average Bonchev–Trinajstić information content (AvgIpc) is 3.17. The fourth-order valence-electron chi connectivity index (χ4n) is 2.20. The van der Waals surface area contributed by atoms with Gasteiger partial charge in [-0.3, -0.25) is 20.2 Å². The number of hydrogen-bond donors (Lipinski definition) is 1. The highest BCUT2D eigenvalue weighted by atomic mass is 32.1. The lowest BCUT2D eigenvalue weighted by atomic mass is 10.1. The Balaban J connectivity index is 1.62. The van der Waals surface area contributed by atoms with Gasteiger partial charge in [0.15, 0.2) is 11.2 Å². The topological polar surface area (TPSA) is 130 Å². The molecule has 146 valence electrons. The molecular formula is C17H15N3O7S. The third-order valence-corrected chi connectivity index (χ3v) is 4.35. The second-order valence-corrected chi connectivity index (χ2v) is 6.44. The molecular weight excluding hydrogens is 390 g/mol. The molecule has 0 saturated carbocycles. The van der Waals surface area contributed by atoms with Crippen molar-refractivity contribution >= 4 is 34.0 Å². The minimum Gasteiger partial charge on any atom is -0.493 e. The Morgan fingerprint density at radius 1 is 1.39 bits per heavy atom. The molecule has 1 aromatic heterocycles. The van der Waals surface area contributed by atoms with Crippen molar-refractivity contribution < 1.29 is 28.7 Å². The highest BCUT2D eigenvalue weighted by Crippen LogP contribution is 2.27. The smallest absolute Gasteiger partial charge is 0.377 e. The minimum absolute atomic E-state index is 0.0557. The molecule has 1 atom stereocenters. The number of esters is 1. The Bertz CT molecular complexity index is 940. The molecule has 11 heteroatoms. The molecule has 1 aromatic carbocycles. The van der Waals surface area contributed by atoms with Gasteiger partial charge in [0, 0.05) is 23.1 Å². The summed E-state index contributed by atoms with van der Waals surface area (Å²) >= 11 is 1.14. The maximum Gasteiger partial charge on any atom is 0.377 e. The second kappa shape index (κ2) is 8.48. The fraction of sp³-hybridized carbons (Fsp3) is 0.235. The van der Waals surface area contributed by atoms with Crippen LogP contribution in [0.25, 0.3) is 11.3 Å². The van der Waals surface area contributed by atoms with Gasteiger partial charge in [0.05, 0.1) is 10.6 Å². The average molecular weight is 405 g/mol. The van der Waals surface area contributed by atoms with Crippen LogP contribution in [0, 0.1) is 10.1 Å². The van der Waals surface area contributed by atoms with Crippen molar-refractivity contribution in [1.29, 1.82) is 0 Å². The lowest BCUT2D eigenvalue weighted by Crippen LogP contribution is -2.31. The number of non-ortho nitro benzene ring substituents is 1. The van der Waals surface area contributed by atoms with Gasteiger partial charge in [-0.05, 0) is 6.92 Å². The van der Waals surface area contributed by atoms with Crippen molar-refractivity contribution in [3.05, 3.63) is 51.8 Å². The zero-order valence-electron chi connectivity index (χ0n) is 14.6. The van der Waals surface area contributed by atoms with E-state index in [0.717, 1.165) is 17.6 Å². The number of nitrogens with zero attached hydrogens (tertiary/aromatic N) is 2. The van der Waals surface area contributed by atoms with Crippen molar-refractivity contribution in [2.45, 2.75) is 13.0 Å². The Morgan fingerprint density at radius 3 is 2.93 bits per heavy atom. The van der Waals surface area contributed by atoms with Crippen LogP contribution in [0.5, 0.6) is 0 Å². The quantitative estimate of drug-likeness (QED) is 0.441. The predicted octanol–water partition coefficient (Wildman–Crippen LogP) is 2.48. The molecule has 3 rings (SSSR count). The molecule has 1 amide bonds. The summed E-state index contributed by atoms with van der Waals surface area (Å²) in [5, 5.41) is 15.3. The normalized spacial score (nSPS) is 14.1. The first kappa shape index (κ1) is 19.3. The third-order valence-electron chi connectivity index (χ3n) is 3.59. The first-order valence-corrected chi connectivity index (χ1v) is 8.99. The number of anilines is 1. The van der Waals surface area contributed by atoms with E-state index >= 15 is 0 Å². The second-order valence-electron chi connectivity index (χ2n) is 5.58. The Kier molecular flexibility index (Phi) is 5.84. The van der Waals surface area contributed by atoms with Gasteiger partial charge in [-0.15, -0.1) is 11.3 Å². The van der Waals surface area contributed by atoms with Crippen molar-refractivity contribution in [3.63, 3.8) is 0 Å². The standard InChI is InChI=1S/C17H15N3O7S/c1-10(27-16(22)14-8-25-5-6-26-14)15(21)19-17-18-13(9-28-17)11-3-2-4-12(7-11)20(23)24/h2-4,7-10H,5-6H2,1H3,(H,18,19,21)/t10-/m0/s1. The number of nitro groups is 1. The highest BCUT2D eigenvalue weighted by molar-refractivity contribution is 7.14. The van der Waals surface area contributed by atoms with E-state index in [-0.39, 0.29) is 23.2 Å². The van der Waals surface area contributed by atoms with Crippen LogP contribution in [0.4, 0.5) is 10.8 Å². The Labute approximate surface area is 162 Å². The molecule has 2 aromatic rings. The van der Waals surface area contributed by atoms with Crippen molar-refractivity contribution in [3.8, 4) is 11.3 Å². The van der Waals surface area contributed by atoms with Gasteiger partial charge in [-0.2, -0.15) is 0 Å². The van der Waals surface area contributed by atoms with Gasteiger partial charge in [-0.25, -0.2) is 9.78 Å². The largest absolute Gasteiger partial charge is 0.493 e. The fourth-order valence-corrected chi connectivity index (χ4v) is 2.92. The molecule has 0 aliphatic carbocycles. The van der Waals surface area contributed by atoms with Gasteiger partial charge >= 0.3 is 5.97 Å². The van der Waals surface area contributed by atoms with Crippen LogP contribution in [-0.2, 0) is 23.8 Å². The van der Waals surface area contributed by atoms with Gasteiger partial charge in [0.25, 0.3) is 11.6 Å². The molecule has 0 bridgehead atoms. The predicted molar refractivity (Wildman–Crippen MR) is 98.4 cm³/mol. The number of benzene rings is 1. The summed E-state index contributed by atoms with van der Waals surface area (Å²) in [5.74, 6) is -1.49. The van der Waals surface area contributed by atoms with E-state index in [4.69, 9.17) is 14.2 Å². The van der Waals surface area contributed by atoms with Crippen LogP contribution >= 0.6 is 11.3 Å². The highest BCUT2D eigenvalue weighted by Gasteiger charge is 2.24. The first-order valence-electron chi connectivity index (χ1n) is 8.11. The number of thiazole rings is 1. The molecule has 1 N–H and O–H groups in total. The maximum absolute atomic E-state index is 12.2. The Morgan fingerprint density at radius 2 is 2.21 bits per heavy atom. The summed E-state index contributed by atoms with van der Waals surface area (Å²) in [5.41, 5.74) is 0.971. The van der Waals surface area contributed by atoms with Crippen LogP contribution < -0.4 is 5.32 Å². The molecule has 1 aliphatic rings. The third kappa shape index (κ3) is 4.62. The van der Waals surface area contributed by atoms with Crippen molar-refractivity contribution in [2.24, 2.45) is 0 Å². The van der Waals surface area contributed by atoms with E-state index < -0.39 is 22.9 Å². The van der Waals surface area contributed by atoms with Crippen LogP contribution in [0.1, 0.15) is 6.92 Å². The number of nitro benzene ring substituents is 1. The van der Waals surface area contributed by atoms with E-state index in [0.29, 0.717) is 17.9 Å². The summed E-state index contributed by atoms with van der Waals surface area (Å²) in [6, 6.07) is 6.01. The van der Waals surface area contributed by atoms with Gasteiger partial charge < -0.3 is 14.2 Å². The summed E-state index contributed by atoms with van der Waals surface area (Å²) in [7, 11) is 0. The lowest BCUT2D eigenvalue weighted by molar-refractivity contribution is -0.384. The van der Waals surface area contributed by atoms with E-state index in [1.165, 1.54) is 19.1 Å². The van der Waals surface area contributed by atoms with E-state index in [1.807, 2.05) is 0 Å². The van der Waals surface area contributed by atoms with E-state index in [2.05, 4.69) is 10.3 Å². The number of aromatic nitrogens is 1. The zero-order chi connectivity index (χ0) is 20.1. The van der Waals surface area contributed by atoms with E-state index in [9.17, 15) is 19.7 Å². The van der Waals surface area contributed by atoms with Crippen LogP contribution in [0.3, 0.4) is 0 Å². The van der Waals surface area contributed by atoms with Crippen LogP contribution in [0.2, 0.25) is 0 Å². The molecule has 0 spiro atoms. The Hall–Kier alpha value is -3.47. The summed E-state index contributed by atoms with van der Waals surface area (Å²) < 4.78 is 15.1. The molecule has 2 heterocycles. The SMILES string of the molecule is C[C@H](OC(=O)C1=COCCO1)C(=O)Nc1nc(-c2cccc([N+](=O)[O-])c2)cs1. The molecule has 0 fully saturated rings. The number of rotatable bonds is 6. The zero-order valence-corrected chi connectivity index (χ0v) is 15.4. The molecule has 28 heavy (non-hydrogen) atoms. The number of carbonyl (C=O) groups is 2. The van der Waals surface area contributed by atoms with Gasteiger partial charge in [0.2, 0.25) is 5.76 Å². The number of ether oxygens (including phenoxy) is 3.